The van der Waals surface area contributed by atoms with Crippen molar-refractivity contribution in [3.05, 3.63) is 83.9 Å². The molecule has 1 saturated heterocycles. The highest BCUT2D eigenvalue weighted by atomic mass is 16.2. The second-order valence-electron chi connectivity index (χ2n) is 6.43. The quantitative estimate of drug-likeness (QED) is 0.772. The van der Waals surface area contributed by atoms with Gasteiger partial charge in [-0.1, -0.05) is 54.6 Å². The lowest BCUT2D eigenvalue weighted by Gasteiger charge is -2.41. The van der Waals surface area contributed by atoms with Crippen molar-refractivity contribution in [2.75, 3.05) is 6.54 Å². The molecule has 1 aliphatic rings. The van der Waals surface area contributed by atoms with E-state index in [4.69, 9.17) is 0 Å². The summed E-state index contributed by atoms with van der Waals surface area (Å²) in [6.07, 6.45) is 4.23. The molecular weight excluding hydrogens is 326 g/mol. The largest absolute Gasteiger partial charge is 0.334 e. The summed E-state index contributed by atoms with van der Waals surface area (Å²) in [5.74, 6) is 0. The number of hydrogen-bond acceptors (Lipinski definition) is 3. The molecule has 2 heterocycles. The van der Waals surface area contributed by atoms with Crippen LogP contribution in [0.3, 0.4) is 0 Å². The predicted octanol–water partition coefficient (Wildman–Crippen LogP) is 2.98. The van der Waals surface area contributed by atoms with E-state index < -0.39 is 0 Å². The van der Waals surface area contributed by atoms with Crippen molar-refractivity contribution in [1.29, 1.82) is 0 Å². The fourth-order valence-corrected chi connectivity index (χ4v) is 3.30. The van der Waals surface area contributed by atoms with Gasteiger partial charge in [0.25, 0.3) is 0 Å². The smallest absolute Gasteiger partial charge is 0.318 e. The lowest BCUT2D eigenvalue weighted by molar-refractivity contribution is 0.115. The number of carbonyl (C=O) groups is 1. The first-order chi connectivity index (χ1) is 12.8. The fourth-order valence-electron chi connectivity index (χ4n) is 3.30. The average molecular weight is 347 g/mol. The Labute approximate surface area is 152 Å². The third kappa shape index (κ3) is 3.44. The molecule has 1 N–H and O–H groups in total. The molecule has 26 heavy (non-hydrogen) atoms. The Morgan fingerprint density at radius 2 is 1.85 bits per heavy atom. The van der Waals surface area contributed by atoms with Crippen molar-refractivity contribution >= 4 is 6.03 Å². The summed E-state index contributed by atoms with van der Waals surface area (Å²) in [5, 5.41) is 7.21. The highest BCUT2D eigenvalue weighted by molar-refractivity contribution is 5.75. The van der Waals surface area contributed by atoms with Crippen LogP contribution in [0, 0.1) is 0 Å². The van der Waals surface area contributed by atoms with E-state index in [1.807, 2.05) is 41.3 Å². The highest BCUT2D eigenvalue weighted by Gasteiger charge is 2.33. The summed E-state index contributed by atoms with van der Waals surface area (Å²) in [7, 11) is 0. The van der Waals surface area contributed by atoms with Gasteiger partial charge in [0.05, 0.1) is 12.6 Å². The number of benzene rings is 2. The van der Waals surface area contributed by atoms with Crippen LogP contribution < -0.4 is 5.32 Å². The number of rotatable bonds is 5. The molecule has 1 aromatic heterocycles. The van der Waals surface area contributed by atoms with Gasteiger partial charge in [0.2, 0.25) is 0 Å². The summed E-state index contributed by atoms with van der Waals surface area (Å²) in [4.78, 5) is 18.5. The Bertz CT molecular complexity index is 863. The van der Waals surface area contributed by atoms with E-state index in [0.717, 1.165) is 24.1 Å². The zero-order valence-corrected chi connectivity index (χ0v) is 14.5. The van der Waals surface area contributed by atoms with Crippen LogP contribution in [0.15, 0.2) is 67.3 Å². The van der Waals surface area contributed by atoms with E-state index in [9.17, 15) is 4.79 Å². The average Bonchev–Trinajstić information content (AvgIpc) is 3.14. The SMILES string of the molecule is O=C(NCc1ccccc1Cn1cncn1)N1CC[C@H]1c1ccccc1. The summed E-state index contributed by atoms with van der Waals surface area (Å²) >= 11 is 0. The summed E-state index contributed by atoms with van der Waals surface area (Å²) < 4.78 is 1.78. The maximum Gasteiger partial charge on any atom is 0.318 e. The molecular formula is C20H21N5O. The molecule has 0 radical (unpaired) electrons. The molecule has 1 atom stereocenters. The maximum atomic E-state index is 12.6. The molecule has 0 spiro atoms. The van der Waals surface area contributed by atoms with Gasteiger partial charge in [-0.25, -0.2) is 14.5 Å². The molecule has 1 fully saturated rings. The Balaban J connectivity index is 1.39. The lowest BCUT2D eigenvalue weighted by atomic mass is 9.95. The first-order valence-corrected chi connectivity index (χ1v) is 8.80. The molecule has 3 aromatic rings. The van der Waals surface area contributed by atoms with Gasteiger partial charge in [0.1, 0.15) is 12.7 Å². The minimum Gasteiger partial charge on any atom is -0.334 e. The van der Waals surface area contributed by atoms with Gasteiger partial charge in [-0.3, -0.25) is 0 Å². The Morgan fingerprint density at radius 3 is 2.54 bits per heavy atom. The third-order valence-electron chi connectivity index (χ3n) is 4.81. The number of aromatic nitrogens is 3. The van der Waals surface area contributed by atoms with Gasteiger partial charge in [-0.15, -0.1) is 0 Å². The Kier molecular flexibility index (Phi) is 4.64. The minimum absolute atomic E-state index is 0.0133. The van der Waals surface area contributed by atoms with Gasteiger partial charge < -0.3 is 10.2 Å². The van der Waals surface area contributed by atoms with E-state index in [1.54, 1.807) is 11.0 Å². The minimum atomic E-state index is -0.0133. The molecule has 2 aromatic carbocycles. The van der Waals surface area contributed by atoms with Gasteiger partial charge in [-0.2, -0.15) is 5.10 Å². The normalized spacial score (nSPS) is 16.2. The molecule has 0 bridgehead atoms. The van der Waals surface area contributed by atoms with E-state index in [2.05, 4.69) is 33.6 Å². The Morgan fingerprint density at radius 1 is 1.08 bits per heavy atom. The number of carbonyl (C=O) groups excluding carboxylic acids is 1. The predicted molar refractivity (Wildman–Crippen MR) is 98.3 cm³/mol. The van der Waals surface area contributed by atoms with Crippen LogP contribution in [-0.4, -0.2) is 32.2 Å². The van der Waals surface area contributed by atoms with E-state index >= 15 is 0 Å². The molecule has 0 saturated carbocycles. The fraction of sp³-hybridized carbons (Fsp3) is 0.250. The van der Waals surface area contributed by atoms with Crippen LogP contribution in [0.25, 0.3) is 0 Å². The number of nitrogens with one attached hydrogen (secondary N) is 1. The van der Waals surface area contributed by atoms with Crippen molar-refractivity contribution in [3.63, 3.8) is 0 Å². The van der Waals surface area contributed by atoms with Crippen molar-refractivity contribution in [3.8, 4) is 0 Å². The molecule has 0 unspecified atom stereocenters. The monoisotopic (exact) mass is 347 g/mol. The van der Waals surface area contributed by atoms with Crippen molar-refractivity contribution in [1.82, 2.24) is 25.0 Å². The number of urea groups is 1. The summed E-state index contributed by atoms with van der Waals surface area (Å²) in [6.45, 7) is 1.94. The molecule has 0 aliphatic carbocycles. The molecule has 6 nitrogen and oxygen atoms in total. The van der Waals surface area contributed by atoms with E-state index in [1.165, 1.54) is 11.9 Å². The van der Waals surface area contributed by atoms with Crippen LogP contribution in [-0.2, 0) is 13.1 Å². The van der Waals surface area contributed by atoms with Crippen LogP contribution in [0.4, 0.5) is 4.79 Å². The number of likely N-dealkylation sites (tertiary alicyclic amines) is 1. The van der Waals surface area contributed by atoms with Gasteiger partial charge in [-0.05, 0) is 23.1 Å². The second-order valence-corrected chi connectivity index (χ2v) is 6.43. The Hall–Kier alpha value is -3.15. The molecule has 132 valence electrons. The summed E-state index contributed by atoms with van der Waals surface area (Å²) in [5.41, 5.74) is 3.41. The maximum absolute atomic E-state index is 12.6. The number of hydrogen-bond donors (Lipinski definition) is 1. The van der Waals surface area contributed by atoms with Gasteiger partial charge in [0.15, 0.2) is 0 Å². The van der Waals surface area contributed by atoms with Crippen LogP contribution in [0.2, 0.25) is 0 Å². The van der Waals surface area contributed by atoms with Crippen molar-refractivity contribution in [2.45, 2.75) is 25.6 Å². The number of nitrogens with zero attached hydrogens (tertiary/aromatic N) is 4. The molecule has 6 heteroatoms. The van der Waals surface area contributed by atoms with Crippen LogP contribution in [0.5, 0.6) is 0 Å². The standard InChI is InChI=1S/C20H21N5O/c26-20(25-11-10-19(25)16-6-2-1-3-7-16)22-12-17-8-4-5-9-18(17)13-24-15-21-14-23-24/h1-9,14-15,19H,10-13H2,(H,22,26)/t19-/m0/s1. The van der Waals surface area contributed by atoms with Gasteiger partial charge in [0, 0.05) is 13.1 Å². The first-order valence-electron chi connectivity index (χ1n) is 8.80. The topological polar surface area (TPSA) is 63.1 Å². The third-order valence-corrected chi connectivity index (χ3v) is 4.81. The van der Waals surface area contributed by atoms with Crippen molar-refractivity contribution in [2.24, 2.45) is 0 Å². The van der Waals surface area contributed by atoms with Crippen molar-refractivity contribution < 1.29 is 4.79 Å². The van der Waals surface area contributed by atoms with E-state index in [-0.39, 0.29) is 12.1 Å². The zero-order valence-electron chi connectivity index (χ0n) is 14.5. The highest BCUT2D eigenvalue weighted by Crippen LogP contribution is 2.32. The number of amides is 2. The van der Waals surface area contributed by atoms with Gasteiger partial charge >= 0.3 is 6.03 Å². The van der Waals surface area contributed by atoms with Crippen LogP contribution in [0.1, 0.15) is 29.2 Å². The van der Waals surface area contributed by atoms with E-state index in [0.29, 0.717) is 13.1 Å². The molecule has 2 amide bonds. The summed E-state index contributed by atoms with van der Waals surface area (Å²) in [6, 6.07) is 18.4. The second kappa shape index (κ2) is 7.39. The molecule has 1 aliphatic heterocycles. The first kappa shape index (κ1) is 16.3. The van der Waals surface area contributed by atoms with Crippen LogP contribution >= 0.6 is 0 Å². The lowest BCUT2D eigenvalue weighted by Crippen LogP contribution is -2.49. The molecule has 4 rings (SSSR count). The zero-order chi connectivity index (χ0) is 17.8.